The van der Waals surface area contributed by atoms with Gasteiger partial charge in [0.15, 0.2) is 6.29 Å². The molecule has 0 saturated heterocycles. The normalized spacial score (nSPS) is 10.7. The van der Waals surface area contributed by atoms with Crippen molar-refractivity contribution in [3.8, 4) is 17.0 Å². The molecule has 0 aliphatic carbocycles. The number of fused-ring (bicyclic) bond motifs is 1. The summed E-state index contributed by atoms with van der Waals surface area (Å²) in [4.78, 5) is 15.7. The van der Waals surface area contributed by atoms with E-state index in [1.54, 1.807) is 7.11 Å². The van der Waals surface area contributed by atoms with E-state index in [0.717, 1.165) is 28.9 Å². The van der Waals surface area contributed by atoms with Gasteiger partial charge in [-0.1, -0.05) is 0 Å². The molecule has 0 spiro atoms. The van der Waals surface area contributed by atoms with Crippen molar-refractivity contribution >= 4 is 11.9 Å². The molecule has 0 N–H and O–H groups in total. The van der Waals surface area contributed by atoms with E-state index in [9.17, 15) is 4.79 Å². The first-order chi connectivity index (χ1) is 9.71. The molecule has 0 atom stereocenters. The van der Waals surface area contributed by atoms with Gasteiger partial charge in [0.2, 0.25) is 0 Å². The van der Waals surface area contributed by atoms with E-state index >= 15 is 0 Å². The SMILES string of the molecule is COc1ccc(-c2cn3cc(C)cc(C=O)c3n2)cc1. The molecule has 0 radical (unpaired) electrons. The summed E-state index contributed by atoms with van der Waals surface area (Å²) in [5.74, 6) is 0.807. The van der Waals surface area contributed by atoms with Gasteiger partial charge in [-0.05, 0) is 42.8 Å². The van der Waals surface area contributed by atoms with Crippen molar-refractivity contribution in [2.45, 2.75) is 6.92 Å². The third-order valence-electron chi connectivity index (χ3n) is 3.23. The van der Waals surface area contributed by atoms with E-state index in [1.165, 1.54) is 0 Å². The van der Waals surface area contributed by atoms with E-state index in [1.807, 2.05) is 54.0 Å². The Bertz CT molecular complexity index is 773. The number of hydrogen-bond acceptors (Lipinski definition) is 3. The van der Waals surface area contributed by atoms with Crippen LogP contribution in [0.1, 0.15) is 15.9 Å². The number of benzene rings is 1. The lowest BCUT2D eigenvalue weighted by atomic mass is 10.2. The summed E-state index contributed by atoms with van der Waals surface area (Å²) in [6.45, 7) is 1.96. The fraction of sp³-hybridized carbons (Fsp3) is 0.125. The summed E-state index contributed by atoms with van der Waals surface area (Å²) in [5.41, 5.74) is 4.13. The fourth-order valence-corrected chi connectivity index (χ4v) is 2.26. The topological polar surface area (TPSA) is 43.6 Å². The number of rotatable bonds is 3. The number of aromatic nitrogens is 2. The highest BCUT2D eigenvalue weighted by atomic mass is 16.5. The monoisotopic (exact) mass is 266 g/mol. The van der Waals surface area contributed by atoms with Gasteiger partial charge in [-0.25, -0.2) is 4.98 Å². The number of ether oxygens (including phenoxy) is 1. The third-order valence-corrected chi connectivity index (χ3v) is 3.23. The van der Waals surface area contributed by atoms with E-state index < -0.39 is 0 Å². The Morgan fingerprint density at radius 1 is 1.20 bits per heavy atom. The second kappa shape index (κ2) is 4.81. The zero-order valence-corrected chi connectivity index (χ0v) is 11.3. The fourth-order valence-electron chi connectivity index (χ4n) is 2.26. The molecule has 3 rings (SSSR count). The van der Waals surface area contributed by atoms with Crippen LogP contribution in [-0.2, 0) is 0 Å². The van der Waals surface area contributed by atoms with Crippen LogP contribution >= 0.6 is 0 Å². The lowest BCUT2D eigenvalue weighted by Gasteiger charge is -1.99. The minimum absolute atomic E-state index is 0.602. The standard InChI is InChI=1S/C16H14N2O2/c1-11-7-13(10-19)16-17-15(9-18(16)8-11)12-3-5-14(20-2)6-4-12/h3-10H,1-2H3. The van der Waals surface area contributed by atoms with Crippen LogP contribution in [0.2, 0.25) is 0 Å². The maximum absolute atomic E-state index is 11.1. The van der Waals surface area contributed by atoms with E-state index in [2.05, 4.69) is 4.98 Å². The van der Waals surface area contributed by atoms with Gasteiger partial charge >= 0.3 is 0 Å². The molecular weight excluding hydrogens is 252 g/mol. The molecule has 0 saturated carbocycles. The predicted molar refractivity (Wildman–Crippen MR) is 77.3 cm³/mol. The van der Waals surface area contributed by atoms with Gasteiger partial charge in [0.05, 0.1) is 18.4 Å². The first-order valence-corrected chi connectivity index (χ1v) is 6.30. The Morgan fingerprint density at radius 2 is 1.95 bits per heavy atom. The molecule has 1 aromatic carbocycles. The molecule has 0 aliphatic rings. The number of carbonyl (C=O) groups excluding carboxylic acids is 1. The van der Waals surface area contributed by atoms with Crippen LogP contribution in [-0.4, -0.2) is 22.8 Å². The molecule has 3 aromatic rings. The van der Waals surface area contributed by atoms with Crippen LogP contribution in [0.15, 0.2) is 42.7 Å². The van der Waals surface area contributed by atoms with Crippen molar-refractivity contribution in [1.82, 2.24) is 9.38 Å². The van der Waals surface area contributed by atoms with E-state index in [0.29, 0.717) is 11.2 Å². The Hall–Kier alpha value is -2.62. The van der Waals surface area contributed by atoms with Crippen molar-refractivity contribution < 1.29 is 9.53 Å². The molecule has 0 bridgehead atoms. The first-order valence-electron chi connectivity index (χ1n) is 6.30. The van der Waals surface area contributed by atoms with Crippen molar-refractivity contribution in [3.05, 3.63) is 53.9 Å². The number of methoxy groups -OCH3 is 1. The molecule has 2 heterocycles. The second-order valence-electron chi connectivity index (χ2n) is 4.68. The average molecular weight is 266 g/mol. The Kier molecular flexibility index (Phi) is 2.99. The van der Waals surface area contributed by atoms with Gasteiger partial charge in [0.1, 0.15) is 11.4 Å². The Labute approximate surface area is 116 Å². The average Bonchev–Trinajstić information content (AvgIpc) is 2.90. The number of aldehydes is 1. The quantitative estimate of drug-likeness (QED) is 0.684. The Morgan fingerprint density at radius 3 is 2.60 bits per heavy atom. The lowest BCUT2D eigenvalue weighted by Crippen LogP contribution is -1.91. The van der Waals surface area contributed by atoms with Crippen LogP contribution in [0, 0.1) is 6.92 Å². The van der Waals surface area contributed by atoms with Crippen molar-refractivity contribution in [2.75, 3.05) is 7.11 Å². The number of pyridine rings is 1. The smallest absolute Gasteiger partial charge is 0.153 e. The van der Waals surface area contributed by atoms with Crippen LogP contribution in [0.3, 0.4) is 0 Å². The first kappa shape index (κ1) is 12.4. The van der Waals surface area contributed by atoms with E-state index in [4.69, 9.17) is 4.74 Å². The minimum Gasteiger partial charge on any atom is -0.497 e. The van der Waals surface area contributed by atoms with Crippen LogP contribution in [0.4, 0.5) is 0 Å². The highest BCUT2D eigenvalue weighted by molar-refractivity contribution is 5.85. The molecule has 4 nitrogen and oxygen atoms in total. The highest BCUT2D eigenvalue weighted by Crippen LogP contribution is 2.23. The maximum Gasteiger partial charge on any atom is 0.153 e. The molecule has 20 heavy (non-hydrogen) atoms. The summed E-state index contributed by atoms with van der Waals surface area (Å²) in [6, 6.07) is 9.53. The van der Waals surface area contributed by atoms with Gasteiger partial charge in [0, 0.05) is 18.0 Å². The Balaban J connectivity index is 2.14. The summed E-state index contributed by atoms with van der Waals surface area (Å²) in [7, 11) is 1.64. The molecule has 0 amide bonds. The number of nitrogens with zero attached hydrogens (tertiary/aromatic N) is 2. The zero-order chi connectivity index (χ0) is 14.1. The second-order valence-corrected chi connectivity index (χ2v) is 4.68. The summed E-state index contributed by atoms with van der Waals surface area (Å²) in [5, 5.41) is 0. The molecule has 0 fully saturated rings. The van der Waals surface area contributed by atoms with Crippen molar-refractivity contribution in [1.29, 1.82) is 0 Å². The molecular formula is C16H14N2O2. The molecule has 0 unspecified atom stereocenters. The van der Waals surface area contributed by atoms with Gasteiger partial charge in [0.25, 0.3) is 0 Å². The van der Waals surface area contributed by atoms with E-state index in [-0.39, 0.29) is 0 Å². The minimum atomic E-state index is 0.602. The summed E-state index contributed by atoms with van der Waals surface area (Å²) >= 11 is 0. The zero-order valence-electron chi connectivity index (χ0n) is 11.3. The van der Waals surface area contributed by atoms with Crippen LogP contribution < -0.4 is 4.74 Å². The molecule has 2 aromatic heterocycles. The molecule has 100 valence electrons. The summed E-state index contributed by atoms with van der Waals surface area (Å²) < 4.78 is 7.03. The van der Waals surface area contributed by atoms with Gasteiger partial charge in [-0.2, -0.15) is 0 Å². The number of hydrogen-bond donors (Lipinski definition) is 0. The highest BCUT2D eigenvalue weighted by Gasteiger charge is 2.08. The largest absolute Gasteiger partial charge is 0.497 e. The van der Waals surface area contributed by atoms with Crippen LogP contribution in [0.5, 0.6) is 5.75 Å². The summed E-state index contributed by atoms with van der Waals surface area (Å²) in [6.07, 6.45) is 4.73. The predicted octanol–water partition coefficient (Wildman–Crippen LogP) is 3.13. The number of imidazole rings is 1. The molecule has 4 heteroatoms. The maximum atomic E-state index is 11.1. The third kappa shape index (κ3) is 2.05. The molecule has 0 aliphatic heterocycles. The van der Waals surface area contributed by atoms with Gasteiger partial charge < -0.3 is 9.14 Å². The van der Waals surface area contributed by atoms with Crippen molar-refractivity contribution in [2.24, 2.45) is 0 Å². The number of aryl methyl sites for hydroxylation is 1. The van der Waals surface area contributed by atoms with Crippen LogP contribution in [0.25, 0.3) is 16.9 Å². The number of carbonyl (C=O) groups is 1. The van der Waals surface area contributed by atoms with Gasteiger partial charge in [-0.15, -0.1) is 0 Å². The van der Waals surface area contributed by atoms with Gasteiger partial charge in [-0.3, -0.25) is 4.79 Å². The lowest BCUT2D eigenvalue weighted by molar-refractivity contribution is 0.112. The van der Waals surface area contributed by atoms with Crippen molar-refractivity contribution in [3.63, 3.8) is 0 Å².